The second-order valence-electron chi connectivity index (χ2n) is 10.2. The van der Waals surface area contributed by atoms with Crippen LogP contribution in [0.2, 0.25) is 0 Å². The van der Waals surface area contributed by atoms with Crippen LogP contribution in [-0.4, -0.2) is 0 Å². The summed E-state index contributed by atoms with van der Waals surface area (Å²) >= 11 is 0. The quantitative estimate of drug-likeness (QED) is 0.488. The molecule has 4 fully saturated rings. The maximum Gasteiger partial charge on any atom is -0.0231 e. The molecule has 0 aromatic carbocycles. The zero-order chi connectivity index (χ0) is 16.2. The van der Waals surface area contributed by atoms with Crippen LogP contribution in [0.25, 0.3) is 0 Å². The fourth-order valence-electron chi connectivity index (χ4n) is 8.36. The van der Waals surface area contributed by atoms with Gasteiger partial charge in [0.05, 0.1) is 0 Å². The zero-order valence-electron chi connectivity index (χ0n) is 15.8. The fraction of sp³-hybridized carbons (Fsp3) is 0.913. The first-order chi connectivity index (χ1) is 11.0. The first kappa shape index (κ1) is 16.2. The SMILES string of the molecule is C=CC(C)C1CCC2C3CCC4CCCCC4(C)C3CCC12C. The lowest BCUT2D eigenvalue weighted by molar-refractivity contribution is -0.112. The third-order valence-electron chi connectivity index (χ3n) is 9.66. The minimum Gasteiger partial charge on any atom is -0.103 e. The number of hydrogen-bond acceptors (Lipinski definition) is 0. The van der Waals surface area contributed by atoms with Crippen molar-refractivity contribution in [1.29, 1.82) is 0 Å². The molecule has 8 unspecified atom stereocenters. The van der Waals surface area contributed by atoms with Crippen LogP contribution in [0.4, 0.5) is 0 Å². The fourth-order valence-corrected chi connectivity index (χ4v) is 8.36. The highest BCUT2D eigenvalue weighted by Crippen LogP contribution is 2.68. The molecule has 0 heterocycles. The van der Waals surface area contributed by atoms with E-state index in [0.29, 0.717) is 16.7 Å². The van der Waals surface area contributed by atoms with Crippen molar-refractivity contribution in [1.82, 2.24) is 0 Å². The molecule has 4 aliphatic rings. The van der Waals surface area contributed by atoms with Gasteiger partial charge in [-0.3, -0.25) is 0 Å². The monoisotopic (exact) mass is 314 g/mol. The van der Waals surface area contributed by atoms with Crippen LogP contribution < -0.4 is 0 Å². The molecule has 23 heavy (non-hydrogen) atoms. The Hall–Kier alpha value is -0.260. The molecule has 0 aromatic heterocycles. The van der Waals surface area contributed by atoms with Crippen LogP contribution in [-0.2, 0) is 0 Å². The standard InChI is InChI=1S/C23H38/c1-5-16(2)19-11-12-20-18-10-9-17-8-6-7-14-22(17,3)21(18)13-15-23(19,20)4/h5,16-21H,1,6-15H2,2-4H3. The Kier molecular flexibility index (Phi) is 3.97. The van der Waals surface area contributed by atoms with Gasteiger partial charge in [0.25, 0.3) is 0 Å². The van der Waals surface area contributed by atoms with E-state index in [4.69, 9.17) is 0 Å². The Morgan fingerprint density at radius 2 is 1.65 bits per heavy atom. The zero-order valence-corrected chi connectivity index (χ0v) is 15.8. The van der Waals surface area contributed by atoms with Crippen molar-refractivity contribution in [2.45, 2.75) is 85.0 Å². The molecule has 0 spiro atoms. The summed E-state index contributed by atoms with van der Waals surface area (Å²) in [6.45, 7) is 11.9. The van der Waals surface area contributed by atoms with E-state index in [-0.39, 0.29) is 0 Å². The van der Waals surface area contributed by atoms with Crippen LogP contribution in [0.1, 0.15) is 85.0 Å². The van der Waals surface area contributed by atoms with Crippen molar-refractivity contribution in [2.75, 3.05) is 0 Å². The molecule has 0 bridgehead atoms. The van der Waals surface area contributed by atoms with E-state index in [1.54, 1.807) is 12.8 Å². The van der Waals surface area contributed by atoms with Crippen LogP contribution in [0.5, 0.6) is 0 Å². The van der Waals surface area contributed by atoms with E-state index in [9.17, 15) is 0 Å². The summed E-state index contributed by atoms with van der Waals surface area (Å²) in [6, 6.07) is 0. The second kappa shape index (κ2) is 5.63. The minimum atomic E-state index is 0.618. The first-order valence-corrected chi connectivity index (χ1v) is 10.6. The van der Waals surface area contributed by atoms with Crippen LogP contribution in [0, 0.1) is 46.3 Å². The molecule has 4 saturated carbocycles. The Labute approximate surface area is 144 Å². The molecule has 4 rings (SSSR count). The summed E-state index contributed by atoms with van der Waals surface area (Å²) in [4.78, 5) is 0. The van der Waals surface area contributed by atoms with Gasteiger partial charge in [0.2, 0.25) is 0 Å². The van der Waals surface area contributed by atoms with Crippen molar-refractivity contribution >= 4 is 0 Å². The Morgan fingerprint density at radius 1 is 0.870 bits per heavy atom. The molecule has 0 saturated heterocycles. The molecule has 0 aromatic rings. The maximum absolute atomic E-state index is 4.12. The average Bonchev–Trinajstić information content (AvgIpc) is 2.91. The smallest absolute Gasteiger partial charge is 0.0231 e. The summed E-state index contributed by atoms with van der Waals surface area (Å²) in [5.74, 6) is 5.80. The highest BCUT2D eigenvalue weighted by molar-refractivity contribution is 5.10. The van der Waals surface area contributed by atoms with Gasteiger partial charge in [-0.2, -0.15) is 0 Å². The topological polar surface area (TPSA) is 0 Å². The van der Waals surface area contributed by atoms with Gasteiger partial charge in [0, 0.05) is 0 Å². The number of rotatable bonds is 2. The normalized spacial score (nSPS) is 53.8. The summed E-state index contributed by atoms with van der Waals surface area (Å²) in [5.41, 5.74) is 1.32. The molecule has 4 aliphatic carbocycles. The average molecular weight is 315 g/mol. The lowest BCUT2D eigenvalue weighted by atomic mass is 9.44. The number of hydrogen-bond donors (Lipinski definition) is 0. The highest BCUT2D eigenvalue weighted by Gasteiger charge is 2.59. The largest absolute Gasteiger partial charge is 0.103 e. The molecule has 0 nitrogen and oxygen atoms in total. The summed E-state index contributed by atoms with van der Waals surface area (Å²) in [6.07, 6.45) is 17.5. The van der Waals surface area contributed by atoms with Gasteiger partial charge in [-0.1, -0.05) is 39.7 Å². The predicted molar refractivity (Wildman–Crippen MR) is 99.2 cm³/mol. The Bertz CT molecular complexity index is 465. The van der Waals surface area contributed by atoms with Gasteiger partial charge < -0.3 is 0 Å². The third-order valence-corrected chi connectivity index (χ3v) is 9.66. The maximum atomic E-state index is 4.12. The van der Waals surface area contributed by atoms with Crippen LogP contribution >= 0.6 is 0 Å². The molecular weight excluding hydrogens is 276 g/mol. The van der Waals surface area contributed by atoms with Crippen molar-refractivity contribution in [2.24, 2.45) is 46.3 Å². The molecule has 0 amide bonds. The second-order valence-corrected chi connectivity index (χ2v) is 10.2. The summed E-state index contributed by atoms with van der Waals surface area (Å²) in [5, 5.41) is 0. The number of fused-ring (bicyclic) bond motifs is 5. The minimum absolute atomic E-state index is 0.618. The van der Waals surface area contributed by atoms with E-state index in [1.807, 2.05) is 0 Å². The van der Waals surface area contributed by atoms with Crippen molar-refractivity contribution in [3.8, 4) is 0 Å². The summed E-state index contributed by atoms with van der Waals surface area (Å²) < 4.78 is 0. The van der Waals surface area contributed by atoms with Crippen LogP contribution in [0.3, 0.4) is 0 Å². The van der Waals surface area contributed by atoms with Crippen molar-refractivity contribution < 1.29 is 0 Å². The van der Waals surface area contributed by atoms with Crippen molar-refractivity contribution in [3.05, 3.63) is 12.7 Å². The molecule has 0 aliphatic heterocycles. The van der Waals surface area contributed by atoms with E-state index < -0.39 is 0 Å². The van der Waals surface area contributed by atoms with Gasteiger partial charge in [-0.15, -0.1) is 6.58 Å². The van der Waals surface area contributed by atoms with Gasteiger partial charge in [0.1, 0.15) is 0 Å². The summed E-state index contributed by atoms with van der Waals surface area (Å²) in [7, 11) is 0. The third kappa shape index (κ3) is 2.22. The molecule has 8 atom stereocenters. The van der Waals surface area contributed by atoms with E-state index in [1.165, 1.54) is 51.4 Å². The van der Waals surface area contributed by atoms with E-state index in [0.717, 1.165) is 29.6 Å². The van der Waals surface area contributed by atoms with Gasteiger partial charge in [0.15, 0.2) is 0 Å². The Balaban J connectivity index is 1.61. The van der Waals surface area contributed by atoms with Gasteiger partial charge in [-0.05, 0) is 97.7 Å². The van der Waals surface area contributed by atoms with Crippen LogP contribution in [0.15, 0.2) is 12.7 Å². The molecule has 0 radical (unpaired) electrons. The highest BCUT2D eigenvalue weighted by atomic mass is 14.6. The van der Waals surface area contributed by atoms with E-state index >= 15 is 0 Å². The molecular formula is C23H38. The lowest BCUT2D eigenvalue weighted by Crippen LogP contribution is -2.53. The lowest BCUT2D eigenvalue weighted by Gasteiger charge is -2.60. The van der Waals surface area contributed by atoms with Crippen molar-refractivity contribution in [3.63, 3.8) is 0 Å². The Morgan fingerprint density at radius 3 is 2.43 bits per heavy atom. The predicted octanol–water partition coefficient (Wildman–Crippen LogP) is 6.86. The number of allylic oxidation sites excluding steroid dienone is 1. The molecule has 130 valence electrons. The van der Waals surface area contributed by atoms with Gasteiger partial charge in [-0.25, -0.2) is 0 Å². The molecule has 0 heteroatoms. The van der Waals surface area contributed by atoms with Gasteiger partial charge >= 0.3 is 0 Å². The molecule has 0 N–H and O–H groups in total. The first-order valence-electron chi connectivity index (χ1n) is 10.6. The van der Waals surface area contributed by atoms with E-state index in [2.05, 4.69) is 33.4 Å².